The Morgan fingerprint density at radius 3 is 2.79 bits per heavy atom. The molecule has 2 bridgehead atoms. The van der Waals surface area contributed by atoms with E-state index in [2.05, 4.69) is 13.5 Å². The van der Waals surface area contributed by atoms with E-state index in [0.29, 0.717) is 6.42 Å². The van der Waals surface area contributed by atoms with Crippen molar-refractivity contribution >= 4 is 0 Å². The maximum absolute atomic E-state index is 10.5. The van der Waals surface area contributed by atoms with Gasteiger partial charge in [-0.1, -0.05) is 13.0 Å². The molecule has 2 heteroatoms. The van der Waals surface area contributed by atoms with Crippen LogP contribution in [0.1, 0.15) is 39.0 Å². The SMILES string of the molecule is C=CCC1(O)CC2(C)CCC1C(O)C2. The summed E-state index contributed by atoms with van der Waals surface area (Å²) in [6.45, 7) is 5.87. The number of hydrogen-bond donors (Lipinski definition) is 2. The molecule has 4 unspecified atom stereocenters. The van der Waals surface area contributed by atoms with Crippen molar-refractivity contribution in [1.82, 2.24) is 0 Å². The van der Waals surface area contributed by atoms with Crippen LogP contribution in [-0.2, 0) is 0 Å². The fraction of sp³-hybridized carbons (Fsp3) is 0.833. The van der Waals surface area contributed by atoms with Crippen LogP contribution in [0.4, 0.5) is 0 Å². The van der Waals surface area contributed by atoms with Crippen LogP contribution in [-0.4, -0.2) is 21.9 Å². The van der Waals surface area contributed by atoms with Crippen LogP contribution >= 0.6 is 0 Å². The second-order valence-electron chi connectivity index (χ2n) is 5.50. The summed E-state index contributed by atoms with van der Waals surface area (Å²) in [6, 6.07) is 0. The maximum atomic E-state index is 10.5. The lowest BCUT2D eigenvalue weighted by Crippen LogP contribution is -2.57. The summed E-state index contributed by atoms with van der Waals surface area (Å²) < 4.78 is 0. The summed E-state index contributed by atoms with van der Waals surface area (Å²) >= 11 is 0. The normalized spacial score (nSPS) is 51.9. The van der Waals surface area contributed by atoms with Crippen LogP contribution < -0.4 is 0 Å². The molecule has 0 aromatic carbocycles. The van der Waals surface area contributed by atoms with Gasteiger partial charge in [-0.05, 0) is 37.5 Å². The van der Waals surface area contributed by atoms with Crippen molar-refractivity contribution in [2.75, 3.05) is 0 Å². The van der Waals surface area contributed by atoms with Gasteiger partial charge in [-0.2, -0.15) is 0 Å². The standard InChI is InChI=1S/C12H20O2/c1-3-5-12(14)8-11(2)6-4-9(12)10(13)7-11/h3,9-10,13-14H,1,4-8H2,2H3. The first-order valence-electron chi connectivity index (χ1n) is 5.50. The summed E-state index contributed by atoms with van der Waals surface area (Å²) in [5, 5.41) is 20.4. The topological polar surface area (TPSA) is 40.5 Å². The average Bonchev–Trinajstić information content (AvgIpc) is 2.00. The van der Waals surface area contributed by atoms with E-state index in [1.165, 1.54) is 0 Å². The Bertz CT molecular complexity index is 251. The lowest BCUT2D eigenvalue weighted by Gasteiger charge is -2.56. The Balaban J connectivity index is 2.25. The Labute approximate surface area is 85.6 Å². The second-order valence-corrected chi connectivity index (χ2v) is 5.50. The van der Waals surface area contributed by atoms with Crippen molar-refractivity contribution < 1.29 is 10.2 Å². The van der Waals surface area contributed by atoms with Crippen LogP contribution in [0.5, 0.6) is 0 Å². The first-order valence-corrected chi connectivity index (χ1v) is 5.50. The van der Waals surface area contributed by atoms with Crippen LogP contribution in [0.2, 0.25) is 0 Å². The predicted octanol–water partition coefficient (Wildman–Crippen LogP) is 1.86. The van der Waals surface area contributed by atoms with E-state index in [1.807, 2.05) is 0 Å². The van der Waals surface area contributed by atoms with Gasteiger partial charge >= 0.3 is 0 Å². The summed E-state index contributed by atoms with van der Waals surface area (Å²) in [6.07, 6.45) is 5.87. The third-order valence-corrected chi connectivity index (χ3v) is 4.15. The maximum Gasteiger partial charge on any atom is 0.0739 e. The van der Waals surface area contributed by atoms with Crippen molar-refractivity contribution in [3.63, 3.8) is 0 Å². The van der Waals surface area contributed by atoms with Gasteiger partial charge in [0.2, 0.25) is 0 Å². The highest BCUT2D eigenvalue weighted by molar-refractivity contribution is 5.08. The molecule has 3 rings (SSSR count). The fourth-order valence-corrected chi connectivity index (χ4v) is 3.58. The molecule has 4 atom stereocenters. The molecule has 0 amide bonds. The van der Waals surface area contributed by atoms with E-state index in [-0.39, 0.29) is 17.4 Å². The minimum Gasteiger partial charge on any atom is -0.393 e. The molecule has 3 fully saturated rings. The molecule has 0 heterocycles. The highest BCUT2D eigenvalue weighted by Crippen LogP contribution is 2.55. The second kappa shape index (κ2) is 3.07. The minimum absolute atomic E-state index is 0.0716. The van der Waals surface area contributed by atoms with Crippen LogP contribution in [0.15, 0.2) is 12.7 Å². The van der Waals surface area contributed by atoms with E-state index < -0.39 is 5.60 Å². The number of rotatable bonds is 2. The molecule has 0 spiro atoms. The molecule has 0 saturated heterocycles. The van der Waals surface area contributed by atoms with Crippen molar-refractivity contribution in [2.45, 2.75) is 50.7 Å². The fourth-order valence-electron chi connectivity index (χ4n) is 3.58. The quantitative estimate of drug-likeness (QED) is 0.662. The van der Waals surface area contributed by atoms with Crippen molar-refractivity contribution in [3.8, 4) is 0 Å². The van der Waals surface area contributed by atoms with Gasteiger partial charge < -0.3 is 10.2 Å². The molecule has 2 nitrogen and oxygen atoms in total. The third kappa shape index (κ3) is 1.41. The lowest BCUT2D eigenvalue weighted by atomic mass is 9.53. The van der Waals surface area contributed by atoms with Gasteiger partial charge in [0.25, 0.3) is 0 Å². The molecule has 0 radical (unpaired) electrons. The molecule has 14 heavy (non-hydrogen) atoms. The summed E-state index contributed by atoms with van der Waals surface area (Å²) in [4.78, 5) is 0. The largest absolute Gasteiger partial charge is 0.393 e. The Morgan fingerprint density at radius 2 is 2.29 bits per heavy atom. The van der Waals surface area contributed by atoms with Crippen molar-refractivity contribution in [3.05, 3.63) is 12.7 Å². The van der Waals surface area contributed by atoms with Gasteiger partial charge in [-0.25, -0.2) is 0 Å². The molecule has 3 aliphatic carbocycles. The van der Waals surface area contributed by atoms with E-state index in [9.17, 15) is 10.2 Å². The van der Waals surface area contributed by atoms with Gasteiger partial charge in [-0.15, -0.1) is 6.58 Å². The van der Waals surface area contributed by atoms with Crippen LogP contribution in [0, 0.1) is 11.3 Å². The molecule has 80 valence electrons. The molecular formula is C12H20O2. The Kier molecular flexibility index (Phi) is 2.24. The Morgan fingerprint density at radius 1 is 1.57 bits per heavy atom. The van der Waals surface area contributed by atoms with Crippen LogP contribution in [0.25, 0.3) is 0 Å². The molecule has 0 aromatic rings. The predicted molar refractivity (Wildman–Crippen MR) is 55.8 cm³/mol. The average molecular weight is 196 g/mol. The summed E-state index contributed by atoms with van der Waals surface area (Å²) in [7, 11) is 0. The van der Waals surface area contributed by atoms with Gasteiger partial charge in [0, 0.05) is 5.92 Å². The number of hydrogen-bond acceptors (Lipinski definition) is 2. The summed E-state index contributed by atoms with van der Waals surface area (Å²) in [5.74, 6) is 0.0716. The molecule has 3 aliphatic rings. The molecule has 0 aliphatic heterocycles. The van der Waals surface area contributed by atoms with Gasteiger partial charge in [0.1, 0.15) is 0 Å². The molecule has 0 aromatic heterocycles. The Hall–Kier alpha value is -0.340. The number of fused-ring (bicyclic) bond motifs is 3. The zero-order valence-corrected chi connectivity index (χ0v) is 8.87. The summed E-state index contributed by atoms with van der Waals surface area (Å²) in [5.41, 5.74) is -0.543. The monoisotopic (exact) mass is 196 g/mol. The zero-order chi connectivity index (χ0) is 10.4. The zero-order valence-electron chi connectivity index (χ0n) is 8.87. The van der Waals surface area contributed by atoms with E-state index >= 15 is 0 Å². The number of aliphatic hydroxyl groups excluding tert-OH is 1. The van der Waals surface area contributed by atoms with Crippen molar-refractivity contribution in [1.29, 1.82) is 0 Å². The van der Waals surface area contributed by atoms with Gasteiger partial charge in [0.15, 0.2) is 0 Å². The van der Waals surface area contributed by atoms with Gasteiger partial charge in [0.05, 0.1) is 11.7 Å². The lowest BCUT2D eigenvalue weighted by molar-refractivity contribution is -0.177. The smallest absolute Gasteiger partial charge is 0.0739 e. The molecule has 3 saturated carbocycles. The molecular weight excluding hydrogens is 176 g/mol. The van der Waals surface area contributed by atoms with Gasteiger partial charge in [-0.3, -0.25) is 0 Å². The van der Waals surface area contributed by atoms with E-state index in [1.54, 1.807) is 6.08 Å². The van der Waals surface area contributed by atoms with E-state index in [0.717, 1.165) is 25.7 Å². The first-order chi connectivity index (χ1) is 6.49. The minimum atomic E-state index is -0.688. The third-order valence-electron chi connectivity index (χ3n) is 4.15. The highest BCUT2D eigenvalue weighted by atomic mass is 16.3. The molecule has 2 N–H and O–H groups in total. The van der Waals surface area contributed by atoms with E-state index in [4.69, 9.17) is 0 Å². The first kappa shape index (κ1) is 10.2. The highest BCUT2D eigenvalue weighted by Gasteiger charge is 2.54. The van der Waals surface area contributed by atoms with Crippen molar-refractivity contribution in [2.24, 2.45) is 11.3 Å². The number of aliphatic hydroxyl groups is 2. The van der Waals surface area contributed by atoms with Crippen LogP contribution in [0.3, 0.4) is 0 Å².